The molecular formula is C17H12ClF2NO3. The van der Waals surface area contributed by atoms with Gasteiger partial charge in [0, 0.05) is 18.7 Å². The SMILES string of the molecule is O=C(Oc1ccc(N2CCCC2=O)cc1)c1cc(F)c(F)cc1Cl. The van der Waals surface area contributed by atoms with E-state index in [1.807, 2.05) is 0 Å². The first-order chi connectivity index (χ1) is 11.5. The molecule has 0 aliphatic carbocycles. The highest BCUT2D eigenvalue weighted by Gasteiger charge is 2.22. The molecule has 7 heteroatoms. The third-order valence-electron chi connectivity index (χ3n) is 3.66. The van der Waals surface area contributed by atoms with Crippen LogP contribution < -0.4 is 9.64 Å². The lowest BCUT2D eigenvalue weighted by Gasteiger charge is -2.15. The minimum Gasteiger partial charge on any atom is -0.423 e. The Morgan fingerprint density at radius 3 is 2.42 bits per heavy atom. The van der Waals surface area contributed by atoms with E-state index in [9.17, 15) is 18.4 Å². The molecule has 1 fully saturated rings. The van der Waals surface area contributed by atoms with Crippen molar-refractivity contribution >= 4 is 29.2 Å². The molecule has 0 bridgehead atoms. The van der Waals surface area contributed by atoms with Crippen LogP contribution in [-0.4, -0.2) is 18.4 Å². The van der Waals surface area contributed by atoms with Crippen LogP contribution in [0.15, 0.2) is 36.4 Å². The van der Waals surface area contributed by atoms with Gasteiger partial charge in [-0.15, -0.1) is 0 Å². The molecule has 24 heavy (non-hydrogen) atoms. The largest absolute Gasteiger partial charge is 0.423 e. The van der Waals surface area contributed by atoms with Gasteiger partial charge < -0.3 is 9.64 Å². The highest BCUT2D eigenvalue weighted by atomic mass is 35.5. The van der Waals surface area contributed by atoms with E-state index in [1.165, 1.54) is 12.1 Å². The quantitative estimate of drug-likeness (QED) is 0.477. The smallest absolute Gasteiger partial charge is 0.345 e. The number of hydrogen-bond donors (Lipinski definition) is 0. The van der Waals surface area contributed by atoms with Gasteiger partial charge in [0.2, 0.25) is 5.91 Å². The van der Waals surface area contributed by atoms with Gasteiger partial charge in [-0.05, 0) is 42.8 Å². The molecule has 1 aliphatic rings. The highest BCUT2D eigenvalue weighted by Crippen LogP contribution is 2.26. The van der Waals surface area contributed by atoms with Gasteiger partial charge in [0.1, 0.15) is 5.75 Å². The Balaban J connectivity index is 1.75. The first-order valence-corrected chi connectivity index (χ1v) is 7.60. The zero-order chi connectivity index (χ0) is 17.3. The van der Waals surface area contributed by atoms with E-state index in [4.69, 9.17) is 16.3 Å². The van der Waals surface area contributed by atoms with Crippen LogP contribution in [0.2, 0.25) is 5.02 Å². The molecule has 0 unspecified atom stereocenters. The second-order valence-electron chi connectivity index (χ2n) is 5.28. The first-order valence-electron chi connectivity index (χ1n) is 7.23. The van der Waals surface area contributed by atoms with E-state index >= 15 is 0 Å². The monoisotopic (exact) mass is 351 g/mol. The number of nitrogens with zero attached hydrogens (tertiary/aromatic N) is 1. The molecule has 0 aromatic heterocycles. The number of carbonyl (C=O) groups excluding carboxylic acids is 2. The Kier molecular flexibility index (Phi) is 4.49. The lowest BCUT2D eigenvalue weighted by molar-refractivity contribution is -0.117. The number of esters is 1. The second kappa shape index (κ2) is 6.57. The summed E-state index contributed by atoms with van der Waals surface area (Å²) in [5.41, 5.74) is 0.442. The van der Waals surface area contributed by atoms with Crippen molar-refractivity contribution in [1.29, 1.82) is 0 Å². The number of ether oxygens (including phenoxy) is 1. The number of amides is 1. The summed E-state index contributed by atoms with van der Waals surface area (Å²) in [5, 5.41) is -0.238. The summed E-state index contributed by atoms with van der Waals surface area (Å²) in [5.74, 6) is -2.97. The summed E-state index contributed by atoms with van der Waals surface area (Å²) in [6.07, 6.45) is 1.33. The average molecular weight is 352 g/mol. The van der Waals surface area contributed by atoms with E-state index in [1.54, 1.807) is 17.0 Å². The van der Waals surface area contributed by atoms with Crippen molar-refractivity contribution in [3.63, 3.8) is 0 Å². The van der Waals surface area contributed by atoms with Crippen LogP contribution in [0.1, 0.15) is 23.2 Å². The summed E-state index contributed by atoms with van der Waals surface area (Å²) in [7, 11) is 0. The number of halogens is 3. The van der Waals surface area contributed by atoms with Crippen molar-refractivity contribution in [2.45, 2.75) is 12.8 Å². The zero-order valence-corrected chi connectivity index (χ0v) is 13.1. The van der Waals surface area contributed by atoms with Crippen LogP contribution in [0.5, 0.6) is 5.75 Å². The molecule has 1 amide bonds. The van der Waals surface area contributed by atoms with Crippen molar-refractivity contribution in [3.05, 3.63) is 58.6 Å². The molecule has 0 radical (unpaired) electrons. The molecule has 4 nitrogen and oxygen atoms in total. The van der Waals surface area contributed by atoms with Crippen LogP contribution in [0.25, 0.3) is 0 Å². The predicted molar refractivity (Wildman–Crippen MR) is 84.4 cm³/mol. The second-order valence-corrected chi connectivity index (χ2v) is 5.69. The maximum Gasteiger partial charge on any atom is 0.345 e. The maximum absolute atomic E-state index is 13.2. The Morgan fingerprint density at radius 2 is 1.79 bits per heavy atom. The molecule has 0 atom stereocenters. The van der Waals surface area contributed by atoms with Gasteiger partial charge in [-0.3, -0.25) is 4.79 Å². The Hall–Kier alpha value is -2.47. The van der Waals surface area contributed by atoms with Crippen molar-refractivity contribution in [2.24, 2.45) is 0 Å². The normalized spacial score (nSPS) is 14.1. The lowest BCUT2D eigenvalue weighted by Crippen LogP contribution is -2.23. The molecule has 1 heterocycles. The summed E-state index contributed by atoms with van der Waals surface area (Å²) < 4.78 is 31.4. The Bertz CT molecular complexity index is 808. The molecule has 2 aromatic rings. The maximum atomic E-state index is 13.2. The van der Waals surface area contributed by atoms with E-state index in [-0.39, 0.29) is 22.2 Å². The summed E-state index contributed by atoms with van der Waals surface area (Å²) in [4.78, 5) is 25.4. The van der Waals surface area contributed by atoms with Gasteiger partial charge >= 0.3 is 5.97 Å². The van der Waals surface area contributed by atoms with Crippen LogP contribution in [0.3, 0.4) is 0 Å². The van der Waals surface area contributed by atoms with Gasteiger partial charge in [0.05, 0.1) is 10.6 Å². The summed E-state index contributed by atoms with van der Waals surface area (Å²) >= 11 is 5.74. The van der Waals surface area contributed by atoms with Crippen LogP contribution in [0, 0.1) is 11.6 Å². The number of rotatable bonds is 3. The zero-order valence-electron chi connectivity index (χ0n) is 12.4. The molecule has 1 saturated heterocycles. The van der Waals surface area contributed by atoms with Crippen molar-refractivity contribution in [3.8, 4) is 5.75 Å². The van der Waals surface area contributed by atoms with E-state index in [0.717, 1.165) is 12.5 Å². The highest BCUT2D eigenvalue weighted by molar-refractivity contribution is 6.33. The van der Waals surface area contributed by atoms with Crippen molar-refractivity contribution < 1.29 is 23.1 Å². The number of hydrogen-bond acceptors (Lipinski definition) is 3. The molecular weight excluding hydrogens is 340 g/mol. The fourth-order valence-electron chi connectivity index (χ4n) is 2.46. The minimum absolute atomic E-state index is 0.0494. The van der Waals surface area contributed by atoms with Crippen LogP contribution in [-0.2, 0) is 4.79 Å². The third-order valence-corrected chi connectivity index (χ3v) is 3.97. The molecule has 2 aromatic carbocycles. The molecule has 0 N–H and O–H groups in total. The number of benzene rings is 2. The Morgan fingerprint density at radius 1 is 1.12 bits per heavy atom. The number of anilines is 1. The fourth-order valence-corrected chi connectivity index (χ4v) is 2.68. The fraction of sp³-hybridized carbons (Fsp3) is 0.176. The molecule has 3 rings (SSSR count). The number of carbonyl (C=O) groups is 2. The summed E-state index contributed by atoms with van der Waals surface area (Å²) in [6.45, 7) is 0.655. The topological polar surface area (TPSA) is 46.6 Å². The Labute approximate surface area is 141 Å². The van der Waals surface area contributed by atoms with Crippen molar-refractivity contribution in [2.75, 3.05) is 11.4 Å². The van der Waals surface area contributed by atoms with Gasteiger partial charge in [-0.2, -0.15) is 0 Å². The van der Waals surface area contributed by atoms with Crippen molar-refractivity contribution in [1.82, 2.24) is 0 Å². The lowest BCUT2D eigenvalue weighted by atomic mass is 10.2. The van der Waals surface area contributed by atoms with Gasteiger partial charge in [0.15, 0.2) is 11.6 Å². The van der Waals surface area contributed by atoms with E-state index in [0.29, 0.717) is 24.7 Å². The molecule has 124 valence electrons. The minimum atomic E-state index is -1.19. The van der Waals surface area contributed by atoms with Gasteiger partial charge in [-0.25, -0.2) is 13.6 Å². The van der Waals surface area contributed by atoms with Crippen LogP contribution in [0.4, 0.5) is 14.5 Å². The molecule has 0 saturated carbocycles. The van der Waals surface area contributed by atoms with E-state index < -0.39 is 17.6 Å². The average Bonchev–Trinajstić information content (AvgIpc) is 2.97. The summed E-state index contributed by atoms with van der Waals surface area (Å²) in [6, 6.07) is 7.75. The standard InChI is InChI=1S/C17H12ClF2NO3/c18-13-9-15(20)14(19)8-12(13)17(23)24-11-5-3-10(4-6-11)21-7-1-2-16(21)22/h3-6,8-9H,1-2,7H2. The van der Waals surface area contributed by atoms with Crippen LogP contribution >= 0.6 is 11.6 Å². The molecule has 1 aliphatic heterocycles. The first kappa shape index (κ1) is 16.4. The van der Waals surface area contributed by atoms with Gasteiger partial charge in [-0.1, -0.05) is 11.6 Å². The van der Waals surface area contributed by atoms with Gasteiger partial charge in [0.25, 0.3) is 0 Å². The predicted octanol–water partition coefficient (Wildman–Crippen LogP) is 3.96. The molecule has 0 spiro atoms. The third kappa shape index (κ3) is 3.23. The van der Waals surface area contributed by atoms with E-state index in [2.05, 4.69) is 0 Å².